The van der Waals surface area contributed by atoms with Crippen LogP contribution in [0.3, 0.4) is 0 Å². The third kappa shape index (κ3) is 1.77. The standard InChI is InChI=1S/C10H12N2O2/c1-7(11-2)9-8(13-3)5-6-12-10(9)14-4/h5-7H,1,3-4H3. The summed E-state index contributed by atoms with van der Waals surface area (Å²) >= 11 is 0. The summed E-state index contributed by atoms with van der Waals surface area (Å²) in [4.78, 5) is 7.46. The second-order valence-corrected chi connectivity index (χ2v) is 2.74. The SMILES string of the molecule is [C-]#[N+]C(C)c1c(OC)ccnc1OC. The van der Waals surface area contributed by atoms with E-state index in [1.165, 1.54) is 7.11 Å². The van der Waals surface area contributed by atoms with Crippen molar-refractivity contribution < 1.29 is 9.47 Å². The van der Waals surface area contributed by atoms with Gasteiger partial charge in [0.15, 0.2) is 0 Å². The van der Waals surface area contributed by atoms with Gasteiger partial charge in [-0.1, -0.05) is 0 Å². The fraction of sp³-hybridized carbons (Fsp3) is 0.400. The van der Waals surface area contributed by atoms with Crippen LogP contribution in [0.15, 0.2) is 12.3 Å². The van der Waals surface area contributed by atoms with Gasteiger partial charge in [0.05, 0.1) is 14.2 Å². The van der Waals surface area contributed by atoms with E-state index in [-0.39, 0.29) is 6.04 Å². The first-order chi connectivity index (χ1) is 6.74. The Balaban J connectivity index is 3.27. The molecule has 4 heteroatoms. The fourth-order valence-corrected chi connectivity index (χ4v) is 1.23. The molecule has 74 valence electrons. The zero-order valence-corrected chi connectivity index (χ0v) is 8.44. The van der Waals surface area contributed by atoms with Gasteiger partial charge in [-0.05, 0) is 6.07 Å². The van der Waals surface area contributed by atoms with Gasteiger partial charge in [-0.15, -0.1) is 0 Å². The highest BCUT2D eigenvalue weighted by Crippen LogP contribution is 2.33. The van der Waals surface area contributed by atoms with Gasteiger partial charge < -0.3 is 14.3 Å². The molecule has 0 spiro atoms. The van der Waals surface area contributed by atoms with Crippen molar-refractivity contribution in [2.24, 2.45) is 0 Å². The largest absolute Gasteiger partial charge is 0.496 e. The molecule has 0 saturated carbocycles. The average Bonchev–Trinajstić information content (AvgIpc) is 2.26. The van der Waals surface area contributed by atoms with Crippen LogP contribution < -0.4 is 9.47 Å². The number of nitrogens with zero attached hydrogens (tertiary/aromatic N) is 2. The van der Waals surface area contributed by atoms with Gasteiger partial charge in [0.1, 0.15) is 11.3 Å². The van der Waals surface area contributed by atoms with E-state index < -0.39 is 0 Å². The van der Waals surface area contributed by atoms with Gasteiger partial charge in [0, 0.05) is 13.1 Å². The maximum Gasteiger partial charge on any atom is 0.254 e. The first-order valence-corrected chi connectivity index (χ1v) is 4.18. The molecule has 1 atom stereocenters. The lowest BCUT2D eigenvalue weighted by molar-refractivity contribution is 0.371. The summed E-state index contributed by atoms with van der Waals surface area (Å²) in [6, 6.07) is 1.41. The number of methoxy groups -OCH3 is 2. The minimum Gasteiger partial charge on any atom is -0.496 e. The highest BCUT2D eigenvalue weighted by molar-refractivity contribution is 5.43. The second kappa shape index (κ2) is 4.47. The van der Waals surface area contributed by atoms with Crippen LogP contribution in [-0.4, -0.2) is 19.2 Å². The van der Waals surface area contributed by atoms with Crippen LogP contribution in [0.2, 0.25) is 0 Å². The highest BCUT2D eigenvalue weighted by Gasteiger charge is 2.21. The first-order valence-electron chi connectivity index (χ1n) is 4.18. The number of hydrogen-bond donors (Lipinski definition) is 0. The molecule has 1 aromatic rings. The maximum atomic E-state index is 6.98. The Kier molecular flexibility index (Phi) is 3.29. The van der Waals surface area contributed by atoms with Crippen molar-refractivity contribution in [3.63, 3.8) is 0 Å². The molecule has 14 heavy (non-hydrogen) atoms. The van der Waals surface area contributed by atoms with E-state index in [9.17, 15) is 0 Å². The minimum absolute atomic E-state index is 0.311. The van der Waals surface area contributed by atoms with Crippen LogP contribution >= 0.6 is 0 Å². The molecular weight excluding hydrogens is 180 g/mol. The monoisotopic (exact) mass is 192 g/mol. The van der Waals surface area contributed by atoms with Gasteiger partial charge >= 0.3 is 0 Å². The van der Waals surface area contributed by atoms with E-state index in [0.717, 1.165) is 0 Å². The Hall–Kier alpha value is -1.76. The molecule has 0 aliphatic heterocycles. The van der Waals surface area contributed by atoms with E-state index in [0.29, 0.717) is 17.2 Å². The van der Waals surface area contributed by atoms with Crippen LogP contribution in [0.1, 0.15) is 18.5 Å². The number of ether oxygens (including phenoxy) is 2. The summed E-state index contributed by atoms with van der Waals surface area (Å²) < 4.78 is 10.2. The van der Waals surface area contributed by atoms with Crippen LogP contribution in [0.4, 0.5) is 0 Å². The van der Waals surface area contributed by atoms with E-state index in [2.05, 4.69) is 9.83 Å². The van der Waals surface area contributed by atoms with E-state index >= 15 is 0 Å². The molecule has 1 rings (SSSR count). The molecular formula is C10H12N2O2. The third-order valence-electron chi connectivity index (χ3n) is 1.94. The molecule has 4 nitrogen and oxygen atoms in total. The smallest absolute Gasteiger partial charge is 0.254 e. The number of aromatic nitrogens is 1. The molecule has 0 radical (unpaired) electrons. The Labute approximate surface area is 83.3 Å². The zero-order valence-electron chi connectivity index (χ0n) is 8.44. The number of hydrogen-bond acceptors (Lipinski definition) is 3. The summed E-state index contributed by atoms with van der Waals surface area (Å²) in [7, 11) is 3.09. The average molecular weight is 192 g/mol. The van der Waals surface area contributed by atoms with Crippen LogP contribution in [0, 0.1) is 6.57 Å². The molecule has 0 bridgehead atoms. The summed E-state index contributed by atoms with van der Waals surface area (Å²) in [6.45, 7) is 8.76. The van der Waals surface area contributed by atoms with Gasteiger partial charge in [-0.3, -0.25) is 0 Å². The summed E-state index contributed by atoms with van der Waals surface area (Å²) in [5.74, 6) is 1.09. The normalized spacial score (nSPS) is 11.6. The maximum absolute atomic E-state index is 6.98. The van der Waals surface area contributed by atoms with Gasteiger partial charge in [0.2, 0.25) is 5.88 Å². The molecule has 0 saturated heterocycles. The van der Waals surface area contributed by atoms with Crippen molar-refractivity contribution in [3.8, 4) is 11.6 Å². The van der Waals surface area contributed by atoms with Crippen molar-refractivity contribution in [2.45, 2.75) is 13.0 Å². The Morgan fingerprint density at radius 2 is 2.14 bits per heavy atom. The van der Waals surface area contributed by atoms with Crippen molar-refractivity contribution in [3.05, 3.63) is 29.2 Å². The van der Waals surface area contributed by atoms with Gasteiger partial charge in [-0.25, -0.2) is 11.6 Å². The van der Waals surface area contributed by atoms with Crippen molar-refractivity contribution >= 4 is 0 Å². The Bertz CT molecular complexity index is 335. The lowest BCUT2D eigenvalue weighted by atomic mass is 10.1. The number of rotatable bonds is 3. The molecule has 1 heterocycles. The molecule has 0 fully saturated rings. The van der Waals surface area contributed by atoms with Crippen molar-refractivity contribution in [1.82, 2.24) is 4.98 Å². The molecule has 0 N–H and O–H groups in total. The second-order valence-electron chi connectivity index (χ2n) is 2.74. The molecule has 1 unspecified atom stereocenters. The first kappa shape index (κ1) is 10.3. The summed E-state index contributed by atoms with van der Waals surface area (Å²) in [5, 5.41) is 0. The fourth-order valence-electron chi connectivity index (χ4n) is 1.23. The van der Waals surface area contributed by atoms with Crippen molar-refractivity contribution in [2.75, 3.05) is 14.2 Å². The molecule has 0 amide bonds. The Morgan fingerprint density at radius 1 is 1.43 bits per heavy atom. The lowest BCUT2D eigenvalue weighted by Crippen LogP contribution is -2.00. The molecule has 1 aromatic heterocycles. The van der Waals surface area contributed by atoms with Crippen molar-refractivity contribution in [1.29, 1.82) is 0 Å². The molecule has 0 aliphatic rings. The Morgan fingerprint density at radius 3 is 2.64 bits per heavy atom. The predicted octanol–water partition coefficient (Wildman–Crippen LogP) is 2.08. The summed E-state index contributed by atoms with van der Waals surface area (Å²) in [6.07, 6.45) is 1.60. The third-order valence-corrected chi connectivity index (χ3v) is 1.94. The summed E-state index contributed by atoms with van der Waals surface area (Å²) in [5.41, 5.74) is 0.701. The van der Waals surface area contributed by atoms with E-state index in [4.69, 9.17) is 16.0 Å². The van der Waals surface area contributed by atoms with Gasteiger partial charge in [0.25, 0.3) is 6.04 Å². The molecule has 0 aliphatic carbocycles. The highest BCUT2D eigenvalue weighted by atomic mass is 16.5. The van der Waals surface area contributed by atoms with Crippen LogP contribution in [0.5, 0.6) is 11.6 Å². The zero-order chi connectivity index (χ0) is 10.6. The minimum atomic E-state index is -0.311. The van der Waals surface area contributed by atoms with E-state index in [1.807, 2.05) is 0 Å². The van der Waals surface area contributed by atoms with Crippen LogP contribution in [0.25, 0.3) is 4.85 Å². The molecule has 0 aromatic carbocycles. The van der Waals surface area contributed by atoms with Gasteiger partial charge in [-0.2, -0.15) is 0 Å². The number of pyridine rings is 1. The quantitative estimate of drug-likeness (QED) is 0.688. The predicted molar refractivity (Wildman–Crippen MR) is 52.4 cm³/mol. The van der Waals surface area contributed by atoms with E-state index in [1.54, 1.807) is 26.3 Å². The topological polar surface area (TPSA) is 35.7 Å². The van der Waals surface area contributed by atoms with Crippen LogP contribution in [-0.2, 0) is 0 Å². The lowest BCUT2D eigenvalue weighted by Gasteiger charge is -2.10.